The van der Waals surface area contributed by atoms with Crippen LogP contribution in [0.2, 0.25) is 0 Å². The quantitative estimate of drug-likeness (QED) is 0.663. The lowest BCUT2D eigenvalue weighted by molar-refractivity contribution is 0.0901. The summed E-state index contributed by atoms with van der Waals surface area (Å²) in [5, 5.41) is 10.0. The third-order valence-electron chi connectivity index (χ3n) is 5.54. The van der Waals surface area contributed by atoms with Crippen LogP contribution in [0.1, 0.15) is 42.6 Å². The Kier molecular flexibility index (Phi) is 6.11. The van der Waals surface area contributed by atoms with Gasteiger partial charge in [0.25, 0.3) is 5.91 Å². The number of thiophene rings is 1. The highest BCUT2D eigenvalue weighted by Gasteiger charge is 2.25. The number of piperidine rings is 1. The van der Waals surface area contributed by atoms with Gasteiger partial charge in [-0.2, -0.15) is 5.10 Å². The van der Waals surface area contributed by atoms with E-state index in [9.17, 15) is 4.79 Å². The number of nitrogens with zero attached hydrogens (tertiary/aromatic N) is 3. The molecule has 2 aromatic heterocycles. The molecule has 29 heavy (non-hydrogen) atoms. The molecule has 0 bridgehead atoms. The summed E-state index contributed by atoms with van der Waals surface area (Å²) in [6.07, 6.45) is 3.88. The van der Waals surface area contributed by atoms with Crippen LogP contribution in [-0.4, -0.2) is 45.8 Å². The summed E-state index contributed by atoms with van der Waals surface area (Å²) in [6.45, 7) is 7.18. The van der Waals surface area contributed by atoms with Gasteiger partial charge in [0.2, 0.25) is 0 Å². The molecular weight excluding hydrogens is 380 g/mol. The van der Waals surface area contributed by atoms with Crippen molar-refractivity contribution >= 4 is 17.2 Å². The largest absolute Gasteiger partial charge is 0.349 e. The molecule has 1 fully saturated rings. The minimum absolute atomic E-state index is 0.0179. The maximum atomic E-state index is 13.1. The van der Waals surface area contributed by atoms with Crippen LogP contribution >= 0.6 is 11.3 Å². The molecule has 6 heteroatoms. The van der Waals surface area contributed by atoms with Crippen molar-refractivity contribution in [2.45, 2.75) is 45.3 Å². The zero-order valence-corrected chi connectivity index (χ0v) is 17.9. The highest BCUT2D eigenvalue weighted by molar-refractivity contribution is 7.13. The molecule has 1 amide bonds. The van der Waals surface area contributed by atoms with Gasteiger partial charge in [-0.05, 0) is 43.7 Å². The first-order chi connectivity index (χ1) is 14.1. The van der Waals surface area contributed by atoms with Crippen LogP contribution in [0.4, 0.5) is 0 Å². The Morgan fingerprint density at radius 1 is 1.17 bits per heavy atom. The van der Waals surface area contributed by atoms with Gasteiger partial charge in [0, 0.05) is 31.4 Å². The number of carbonyl (C=O) groups excluding carboxylic acids is 1. The molecule has 5 nitrogen and oxygen atoms in total. The zero-order valence-electron chi connectivity index (χ0n) is 17.0. The van der Waals surface area contributed by atoms with Gasteiger partial charge in [0.05, 0.1) is 17.0 Å². The van der Waals surface area contributed by atoms with Crippen LogP contribution in [0, 0.1) is 0 Å². The van der Waals surface area contributed by atoms with E-state index in [1.165, 1.54) is 5.56 Å². The molecule has 0 radical (unpaired) electrons. The molecule has 3 aromatic rings. The summed E-state index contributed by atoms with van der Waals surface area (Å²) in [7, 11) is 0. The Hall–Kier alpha value is -2.44. The van der Waals surface area contributed by atoms with Crippen molar-refractivity contribution in [1.29, 1.82) is 0 Å². The molecule has 3 heterocycles. The van der Waals surface area contributed by atoms with E-state index in [2.05, 4.69) is 36.2 Å². The van der Waals surface area contributed by atoms with Crippen LogP contribution < -0.4 is 5.32 Å². The normalized spacial score (nSPS) is 15.7. The number of rotatable bonds is 6. The standard InChI is InChI=1S/C23H28N4OS/c1-17(2)26-12-10-19(11-13-26)24-23(28)20-16-27(15-18-7-4-3-5-8-18)25-22(20)21-9-6-14-29-21/h3-9,14,16-17,19H,10-13,15H2,1-2H3,(H,24,28). The number of nitrogens with one attached hydrogen (secondary N) is 1. The zero-order chi connectivity index (χ0) is 20.2. The van der Waals surface area contributed by atoms with Gasteiger partial charge in [0.1, 0.15) is 5.69 Å². The number of aromatic nitrogens is 2. The van der Waals surface area contributed by atoms with Crippen molar-refractivity contribution in [3.8, 4) is 10.6 Å². The molecule has 0 aliphatic carbocycles. The second-order valence-corrected chi connectivity index (χ2v) is 8.88. The highest BCUT2D eigenvalue weighted by Crippen LogP contribution is 2.27. The van der Waals surface area contributed by atoms with Crippen molar-refractivity contribution in [2.24, 2.45) is 0 Å². The minimum Gasteiger partial charge on any atom is -0.349 e. The van der Waals surface area contributed by atoms with Gasteiger partial charge in [-0.1, -0.05) is 36.4 Å². The van der Waals surface area contributed by atoms with Crippen molar-refractivity contribution in [3.63, 3.8) is 0 Å². The maximum Gasteiger partial charge on any atom is 0.255 e. The monoisotopic (exact) mass is 408 g/mol. The van der Waals surface area contributed by atoms with Gasteiger partial charge >= 0.3 is 0 Å². The molecule has 0 unspecified atom stereocenters. The summed E-state index contributed by atoms with van der Waals surface area (Å²) < 4.78 is 1.88. The first kappa shape index (κ1) is 19.9. The third-order valence-corrected chi connectivity index (χ3v) is 6.42. The Labute approximate surface area is 176 Å². The summed E-state index contributed by atoms with van der Waals surface area (Å²) in [4.78, 5) is 16.6. The van der Waals surface area contributed by atoms with E-state index in [1.807, 2.05) is 46.6 Å². The van der Waals surface area contributed by atoms with Crippen LogP contribution in [0.3, 0.4) is 0 Å². The second kappa shape index (κ2) is 8.93. The highest BCUT2D eigenvalue weighted by atomic mass is 32.1. The van der Waals surface area contributed by atoms with Crippen molar-refractivity contribution < 1.29 is 4.79 Å². The van der Waals surface area contributed by atoms with Crippen LogP contribution in [0.5, 0.6) is 0 Å². The molecule has 1 aromatic carbocycles. The molecule has 1 aliphatic rings. The average Bonchev–Trinajstić information content (AvgIpc) is 3.39. The topological polar surface area (TPSA) is 50.2 Å². The lowest BCUT2D eigenvalue weighted by Gasteiger charge is -2.34. The number of amides is 1. The third kappa shape index (κ3) is 4.77. The van der Waals surface area contributed by atoms with Gasteiger partial charge in [0.15, 0.2) is 0 Å². The number of likely N-dealkylation sites (tertiary alicyclic amines) is 1. The molecule has 1 N–H and O–H groups in total. The van der Waals surface area contributed by atoms with E-state index < -0.39 is 0 Å². The first-order valence-corrected chi connectivity index (χ1v) is 11.2. The molecule has 0 saturated carbocycles. The van der Waals surface area contributed by atoms with E-state index in [1.54, 1.807) is 11.3 Å². The minimum atomic E-state index is -0.0179. The molecule has 0 atom stereocenters. The fourth-order valence-corrected chi connectivity index (χ4v) is 4.58. The van der Waals surface area contributed by atoms with Gasteiger partial charge in [-0.15, -0.1) is 11.3 Å². The van der Waals surface area contributed by atoms with E-state index in [0.29, 0.717) is 18.2 Å². The van der Waals surface area contributed by atoms with Gasteiger partial charge < -0.3 is 10.2 Å². The SMILES string of the molecule is CC(C)N1CCC(NC(=O)c2cn(Cc3ccccc3)nc2-c2cccs2)CC1. The molecule has 1 aliphatic heterocycles. The summed E-state index contributed by atoms with van der Waals surface area (Å²) >= 11 is 1.61. The predicted molar refractivity (Wildman–Crippen MR) is 118 cm³/mol. The summed E-state index contributed by atoms with van der Waals surface area (Å²) in [6, 6.07) is 15.0. The number of hydrogen-bond acceptors (Lipinski definition) is 4. The van der Waals surface area contributed by atoms with Crippen molar-refractivity contribution in [3.05, 3.63) is 65.2 Å². The van der Waals surface area contributed by atoms with Crippen LogP contribution in [0.15, 0.2) is 54.0 Å². The summed E-state index contributed by atoms with van der Waals surface area (Å²) in [5.41, 5.74) is 2.60. The van der Waals surface area contributed by atoms with Gasteiger partial charge in [-0.3, -0.25) is 9.48 Å². The number of benzene rings is 1. The van der Waals surface area contributed by atoms with E-state index in [4.69, 9.17) is 5.10 Å². The second-order valence-electron chi connectivity index (χ2n) is 7.93. The van der Waals surface area contributed by atoms with E-state index in [0.717, 1.165) is 36.5 Å². The Bertz CT molecular complexity index is 925. The van der Waals surface area contributed by atoms with E-state index >= 15 is 0 Å². The van der Waals surface area contributed by atoms with Crippen molar-refractivity contribution in [1.82, 2.24) is 20.0 Å². The lowest BCUT2D eigenvalue weighted by Crippen LogP contribution is -2.46. The molecule has 4 rings (SSSR count). The Balaban J connectivity index is 1.51. The smallest absolute Gasteiger partial charge is 0.255 e. The Morgan fingerprint density at radius 2 is 1.93 bits per heavy atom. The van der Waals surface area contributed by atoms with Crippen LogP contribution in [0.25, 0.3) is 10.6 Å². The number of carbonyl (C=O) groups is 1. The van der Waals surface area contributed by atoms with Crippen LogP contribution in [-0.2, 0) is 6.54 Å². The van der Waals surface area contributed by atoms with Gasteiger partial charge in [-0.25, -0.2) is 0 Å². The molecule has 1 saturated heterocycles. The molecule has 152 valence electrons. The first-order valence-electron chi connectivity index (χ1n) is 10.3. The average molecular weight is 409 g/mol. The lowest BCUT2D eigenvalue weighted by atomic mass is 10.0. The summed E-state index contributed by atoms with van der Waals surface area (Å²) in [5.74, 6) is -0.0179. The fraction of sp³-hybridized carbons (Fsp3) is 0.391. The fourth-order valence-electron chi connectivity index (χ4n) is 3.86. The number of hydrogen-bond donors (Lipinski definition) is 1. The molecular formula is C23H28N4OS. The maximum absolute atomic E-state index is 13.1. The van der Waals surface area contributed by atoms with E-state index in [-0.39, 0.29) is 11.9 Å². The Morgan fingerprint density at radius 3 is 2.59 bits per heavy atom. The van der Waals surface area contributed by atoms with Crippen molar-refractivity contribution in [2.75, 3.05) is 13.1 Å². The predicted octanol–water partition coefficient (Wildman–Crippen LogP) is 4.26. The molecule has 0 spiro atoms.